The Morgan fingerprint density at radius 1 is 1.19 bits per heavy atom. The van der Waals surface area contributed by atoms with Crippen LogP contribution in [0, 0.1) is 0 Å². The summed E-state index contributed by atoms with van der Waals surface area (Å²) in [6, 6.07) is 5.88. The lowest BCUT2D eigenvalue weighted by Gasteiger charge is -2.33. The number of β-amino-alcohol motifs (C(OH)–C–C–N with tert-alkyl or cyclic N) is 1. The molecule has 1 fully saturated rings. The number of ether oxygens (including phenoxy) is 2. The Morgan fingerprint density at radius 2 is 1.97 bits per heavy atom. The number of methoxy groups -OCH3 is 1. The number of hydrogen-bond acceptors (Lipinski definition) is 7. The quantitative estimate of drug-likeness (QED) is 0.579. The van der Waals surface area contributed by atoms with Gasteiger partial charge in [-0.2, -0.15) is 0 Å². The van der Waals surface area contributed by atoms with Gasteiger partial charge in [-0.15, -0.1) is 0 Å². The van der Waals surface area contributed by atoms with Gasteiger partial charge in [0.25, 0.3) is 0 Å². The molecule has 0 amide bonds. The topological polar surface area (TPSA) is 66.2 Å². The number of benzene rings is 1. The number of aromatic nitrogens is 2. The number of aryl methyl sites for hydroxylation is 1. The van der Waals surface area contributed by atoms with Gasteiger partial charge < -0.3 is 24.0 Å². The average Bonchev–Trinajstić information content (AvgIpc) is 3.21. The van der Waals surface area contributed by atoms with Gasteiger partial charge in [-0.3, -0.25) is 9.80 Å². The summed E-state index contributed by atoms with van der Waals surface area (Å²) in [5, 5.41) is 10.5. The molecular formula is C23H37N5O3. The molecule has 0 radical (unpaired) electrons. The maximum absolute atomic E-state index is 10.5. The summed E-state index contributed by atoms with van der Waals surface area (Å²) < 4.78 is 13.6. The molecular weight excluding hydrogens is 394 g/mol. The molecule has 1 aromatic heterocycles. The van der Waals surface area contributed by atoms with Crippen molar-refractivity contribution < 1.29 is 14.6 Å². The van der Waals surface area contributed by atoms with E-state index in [4.69, 9.17) is 9.47 Å². The van der Waals surface area contributed by atoms with E-state index in [1.807, 2.05) is 30.6 Å². The zero-order chi connectivity index (χ0) is 22.2. The summed E-state index contributed by atoms with van der Waals surface area (Å²) >= 11 is 0. The Kier molecular flexibility index (Phi) is 8.71. The van der Waals surface area contributed by atoms with E-state index in [9.17, 15) is 5.11 Å². The number of nitrogens with zero attached hydrogens (tertiary/aromatic N) is 5. The molecule has 0 saturated carbocycles. The molecule has 1 unspecified atom stereocenters. The number of imidazole rings is 1. The van der Waals surface area contributed by atoms with E-state index in [1.165, 1.54) is 0 Å². The molecule has 1 aromatic carbocycles. The first-order valence-corrected chi connectivity index (χ1v) is 11.1. The number of rotatable bonds is 11. The van der Waals surface area contributed by atoms with Gasteiger partial charge in [0.1, 0.15) is 30.0 Å². The summed E-state index contributed by atoms with van der Waals surface area (Å²) in [7, 11) is 5.86. The molecule has 1 aliphatic rings. The zero-order valence-corrected chi connectivity index (χ0v) is 19.3. The molecule has 1 N–H and O–H groups in total. The smallest absolute Gasteiger partial charge is 0.127 e. The predicted octanol–water partition coefficient (Wildman–Crippen LogP) is 1.53. The fourth-order valence-electron chi connectivity index (χ4n) is 3.86. The molecule has 2 heterocycles. The van der Waals surface area contributed by atoms with Crippen LogP contribution in [0.15, 0.2) is 30.6 Å². The van der Waals surface area contributed by atoms with Gasteiger partial charge in [0.2, 0.25) is 0 Å². The van der Waals surface area contributed by atoms with E-state index in [0.29, 0.717) is 13.1 Å². The van der Waals surface area contributed by atoms with Crippen molar-refractivity contribution in [3.63, 3.8) is 0 Å². The van der Waals surface area contributed by atoms with Crippen molar-refractivity contribution in [2.45, 2.75) is 32.7 Å². The first-order valence-electron chi connectivity index (χ1n) is 11.1. The van der Waals surface area contributed by atoms with Crippen molar-refractivity contribution in [1.82, 2.24) is 24.3 Å². The van der Waals surface area contributed by atoms with Gasteiger partial charge in [0.05, 0.1) is 13.7 Å². The van der Waals surface area contributed by atoms with Crippen LogP contribution in [0.5, 0.6) is 11.5 Å². The average molecular weight is 432 g/mol. The largest absolute Gasteiger partial charge is 0.497 e. The van der Waals surface area contributed by atoms with E-state index in [1.54, 1.807) is 7.11 Å². The fraction of sp³-hybridized carbons (Fsp3) is 0.609. The second kappa shape index (κ2) is 11.5. The van der Waals surface area contributed by atoms with Crippen LogP contribution in [0.3, 0.4) is 0 Å². The lowest BCUT2D eigenvalue weighted by atomic mass is 10.1. The Bertz CT molecular complexity index is 804. The summed E-state index contributed by atoms with van der Waals surface area (Å²) in [5.74, 6) is 2.54. The van der Waals surface area contributed by atoms with Crippen LogP contribution in [-0.4, -0.2) is 96.0 Å². The normalized spacial score (nSPS) is 16.6. The minimum absolute atomic E-state index is 0.260. The van der Waals surface area contributed by atoms with Crippen molar-refractivity contribution in [2.75, 3.05) is 60.5 Å². The summed E-state index contributed by atoms with van der Waals surface area (Å²) in [6.45, 7) is 9.42. The molecule has 1 saturated heterocycles. The summed E-state index contributed by atoms with van der Waals surface area (Å²) in [6.07, 6.45) is 3.32. The lowest BCUT2D eigenvalue weighted by molar-refractivity contribution is 0.0500. The van der Waals surface area contributed by atoms with Crippen LogP contribution in [0.1, 0.15) is 18.3 Å². The molecule has 0 aliphatic carbocycles. The Balaban J connectivity index is 1.58. The second-order valence-corrected chi connectivity index (χ2v) is 8.34. The molecule has 0 bridgehead atoms. The molecule has 8 heteroatoms. The van der Waals surface area contributed by atoms with Crippen molar-refractivity contribution in [3.05, 3.63) is 42.0 Å². The number of aliphatic hydroxyl groups excluding tert-OH is 1. The highest BCUT2D eigenvalue weighted by atomic mass is 16.5. The molecule has 0 spiro atoms. The van der Waals surface area contributed by atoms with Gasteiger partial charge in [-0.1, -0.05) is 6.07 Å². The highest BCUT2D eigenvalue weighted by Gasteiger charge is 2.18. The Hall–Kier alpha value is -2.13. The molecule has 31 heavy (non-hydrogen) atoms. The third kappa shape index (κ3) is 6.93. The van der Waals surface area contributed by atoms with E-state index in [2.05, 4.69) is 45.3 Å². The van der Waals surface area contributed by atoms with Crippen LogP contribution in [-0.2, 0) is 19.6 Å². The van der Waals surface area contributed by atoms with Crippen molar-refractivity contribution in [1.29, 1.82) is 0 Å². The lowest BCUT2D eigenvalue weighted by Crippen LogP contribution is -2.47. The first-order chi connectivity index (χ1) is 15.0. The maximum atomic E-state index is 10.5. The fourth-order valence-corrected chi connectivity index (χ4v) is 3.86. The second-order valence-electron chi connectivity index (χ2n) is 8.34. The van der Waals surface area contributed by atoms with Gasteiger partial charge in [-0.25, -0.2) is 4.98 Å². The van der Waals surface area contributed by atoms with Crippen LogP contribution in [0.4, 0.5) is 0 Å². The van der Waals surface area contributed by atoms with Crippen LogP contribution in [0.2, 0.25) is 0 Å². The molecule has 8 nitrogen and oxygen atoms in total. The van der Waals surface area contributed by atoms with E-state index in [-0.39, 0.29) is 6.61 Å². The predicted molar refractivity (Wildman–Crippen MR) is 122 cm³/mol. The highest BCUT2D eigenvalue weighted by molar-refractivity contribution is 5.40. The summed E-state index contributed by atoms with van der Waals surface area (Å²) in [5.41, 5.74) is 1.06. The molecule has 1 aliphatic heterocycles. The van der Waals surface area contributed by atoms with E-state index in [0.717, 1.165) is 62.2 Å². The highest BCUT2D eigenvalue weighted by Crippen LogP contribution is 2.26. The van der Waals surface area contributed by atoms with Crippen molar-refractivity contribution in [3.8, 4) is 11.5 Å². The van der Waals surface area contributed by atoms with Crippen molar-refractivity contribution >= 4 is 0 Å². The van der Waals surface area contributed by atoms with Gasteiger partial charge in [-0.05, 0) is 27.1 Å². The van der Waals surface area contributed by atoms with Gasteiger partial charge in [0.15, 0.2) is 0 Å². The standard InChI is InChI=1S/C23H37N5O3/c1-5-28-9-8-24-23(28)17-26(3)15-19-6-7-21(30-4)14-22(19)31-18-20(29)16-27-12-10-25(2)11-13-27/h6-9,14,20,29H,5,10-13,15-18H2,1-4H3. The minimum atomic E-state index is -0.530. The van der Waals surface area contributed by atoms with Crippen molar-refractivity contribution in [2.24, 2.45) is 0 Å². The van der Waals surface area contributed by atoms with Gasteiger partial charge >= 0.3 is 0 Å². The zero-order valence-electron chi connectivity index (χ0n) is 19.3. The van der Waals surface area contributed by atoms with Gasteiger partial charge in [0, 0.05) is 69.8 Å². The molecule has 1 atom stereocenters. The van der Waals surface area contributed by atoms with Crippen LogP contribution in [0.25, 0.3) is 0 Å². The van der Waals surface area contributed by atoms with Crippen LogP contribution < -0.4 is 9.47 Å². The number of hydrogen-bond donors (Lipinski definition) is 1. The Labute approximate surface area is 186 Å². The third-order valence-corrected chi connectivity index (χ3v) is 5.76. The minimum Gasteiger partial charge on any atom is -0.497 e. The summed E-state index contributed by atoms with van der Waals surface area (Å²) in [4.78, 5) is 11.3. The molecule has 172 valence electrons. The Morgan fingerprint density at radius 3 is 2.68 bits per heavy atom. The molecule has 2 aromatic rings. The third-order valence-electron chi connectivity index (χ3n) is 5.76. The van der Waals surface area contributed by atoms with E-state index < -0.39 is 6.10 Å². The number of likely N-dealkylation sites (N-methyl/N-ethyl adjacent to an activating group) is 1. The number of aliphatic hydroxyl groups is 1. The first kappa shape index (κ1) is 23.5. The molecule has 3 rings (SSSR count). The SMILES string of the molecule is CCn1ccnc1CN(C)Cc1ccc(OC)cc1OCC(O)CN1CCN(C)CC1. The maximum Gasteiger partial charge on any atom is 0.127 e. The van der Waals surface area contributed by atoms with Crippen LogP contribution >= 0.6 is 0 Å². The number of piperazine rings is 1. The van der Waals surface area contributed by atoms with E-state index >= 15 is 0 Å². The monoisotopic (exact) mass is 431 g/mol.